The summed E-state index contributed by atoms with van der Waals surface area (Å²) < 4.78 is 0. The zero-order chi connectivity index (χ0) is 8.10. The van der Waals surface area contributed by atoms with Crippen LogP contribution in [0.5, 0.6) is 0 Å². The number of hydrogen-bond donors (Lipinski definition) is 0. The summed E-state index contributed by atoms with van der Waals surface area (Å²) >= 11 is 0. The number of carbonyl (C=O) groups excluding carboxylic acids is 1. The van der Waals surface area contributed by atoms with E-state index in [9.17, 15) is 4.79 Å². The fourth-order valence-corrected chi connectivity index (χ4v) is 1.83. The molecule has 0 N–H and O–H groups in total. The SMILES string of the molecule is CCCC1CCN(CC=O)C1. The van der Waals surface area contributed by atoms with E-state index in [2.05, 4.69) is 11.8 Å². The summed E-state index contributed by atoms with van der Waals surface area (Å²) in [6, 6.07) is 0. The van der Waals surface area contributed by atoms with Crippen molar-refractivity contribution in [3.05, 3.63) is 0 Å². The van der Waals surface area contributed by atoms with Gasteiger partial charge in [-0.25, -0.2) is 0 Å². The third kappa shape index (κ3) is 2.62. The lowest BCUT2D eigenvalue weighted by molar-refractivity contribution is -0.108. The molecule has 1 unspecified atom stereocenters. The zero-order valence-electron chi connectivity index (χ0n) is 7.25. The maximum absolute atomic E-state index is 10.2. The highest BCUT2D eigenvalue weighted by Gasteiger charge is 2.20. The number of likely N-dealkylation sites (tertiary alicyclic amines) is 1. The minimum absolute atomic E-state index is 0.639. The van der Waals surface area contributed by atoms with E-state index in [1.807, 2.05) is 0 Å². The first-order valence-electron chi connectivity index (χ1n) is 4.52. The smallest absolute Gasteiger partial charge is 0.133 e. The minimum atomic E-state index is 0.639. The molecule has 1 aliphatic rings. The van der Waals surface area contributed by atoms with Crippen molar-refractivity contribution in [1.82, 2.24) is 4.90 Å². The molecule has 0 aromatic carbocycles. The van der Waals surface area contributed by atoms with Gasteiger partial charge in [0.25, 0.3) is 0 Å². The van der Waals surface area contributed by atoms with Gasteiger partial charge in [-0.2, -0.15) is 0 Å². The van der Waals surface area contributed by atoms with Crippen LogP contribution in [-0.2, 0) is 4.79 Å². The zero-order valence-corrected chi connectivity index (χ0v) is 7.25. The summed E-state index contributed by atoms with van der Waals surface area (Å²) in [5.74, 6) is 0.861. The Morgan fingerprint density at radius 1 is 1.64 bits per heavy atom. The first-order chi connectivity index (χ1) is 5.36. The van der Waals surface area contributed by atoms with E-state index in [-0.39, 0.29) is 0 Å². The Balaban J connectivity index is 2.17. The molecule has 1 aliphatic heterocycles. The van der Waals surface area contributed by atoms with Gasteiger partial charge >= 0.3 is 0 Å². The Labute approximate surface area is 68.6 Å². The topological polar surface area (TPSA) is 20.3 Å². The lowest BCUT2D eigenvalue weighted by atomic mass is 10.0. The lowest BCUT2D eigenvalue weighted by Gasteiger charge is -2.11. The van der Waals surface area contributed by atoms with Gasteiger partial charge in [0.1, 0.15) is 6.29 Å². The number of hydrogen-bond acceptors (Lipinski definition) is 2. The van der Waals surface area contributed by atoms with E-state index < -0.39 is 0 Å². The largest absolute Gasteiger partial charge is 0.302 e. The summed E-state index contributed by atoms with van der Waals surface area (Å²) in [4.78, 5) is 12.4. The predicted octanol–water partition coefficient (Wildman–Crippen LogP) is 1.31. The average Bonchev–Trinajstić information content (AvgIpc) is 2.38. The van der Waals surface area contributed by atoms with E-state index in [0.29, 0.717) is 6.54 Å². The molecule has 0 saturated carbocycles. The van der Waals surface area contributed by atoms with Crippen molar-refractivity contribution in [2.45, 2.75) is 26.2 Å². The molecular weight excluding hydrogens is 138 g/mol. The second-order valence-corrected chi connectivity index (χ2v) is 3.37. The Morgan fingerprint density at radius 3 is 3.09 bits per heavy atom. The molecule has 0 spiro atoms. The molecule has 0 amide bonds. The van der Waals surface area contributed by atoms with E-state index in [1.165, 1.54) is 19.3 Å². The normalized spacial score (nSPS) is 25.7. The van der Waals surface area contributed by atoms with Gasteiger partial charge < -0.3 is 4.79 Å². The summed E-state index contributed by atoms with van der Waals surface area (Å²) in [6.45, 7) is 5.14. The summed E-state index contributed by atoms with van der Waals surface area (Å²) in [5.41, 5.74) is 0. The van der Waals surface area contributed by atoms with Crippen LogP contribution >= 0.6 is 0 Å². The molecule has 64 valence electrons. The molecule has 0 aliphatic carbocycles. The second kappa shape index (κ2) is 4.50. The van der Waals surface area contributed by atoms with Gasteiger partial charge in [0, 0.05) is 6.54 Å². The molecule has 11 heavy (non-hydrogen) atoms. The Morgan fingerprint density at radius 2 is 2.45 bits per heavy atom. The fraction of sp³-hybridized carbons (Fsp3) is 0.889. The highest BCUT2D eigenvalue weighted by atomic mass is 16.1. The first-order valence-corrected chi connectivity index (χ1v) is 4.52. The molecule has 0 bridgehead atoms. The van der Waals surface area contributed by atoms with Crippen LogP contribution in [0.2, 0.25) is 0 Å². The van der Waals surface area contributed by atoms with Gasteiger partial charge in [-0.05, 0) is 25.3 Å². The van der Waals surface area contributed by atoms with Crippen molar-refractivity contribution >= 4 is 6.29 Å². The number of rotatable bonds is 4. The standard InChI is InChI=1S/C9H17NO/c1-2-3-9-4-5-10(8-9)6-7-11/h7,9H,2-6,8H2,1H3. The van der Waals surface area contributed by atoms with Crippen molar-refractivity contribution in [1.29, 1.82) is 0 Å². The molecular formula is C9H17NO. The van der Waals surface area contributed by atoms with Crippen molar-refractivity contribution in [3.8, 4) is 0 Å². The van der Waals surface area contributed by atoms with E-state index >= 15 is 0 Å². The quantitative estimate of drug-likeness (QED) is 0.570. The van der Waals surface area contributed by atoms with Crippen LogP contribution in [0.3, 0.4) is 0 Å². The molecule has 1 heterocycles. The van der Waals surface area contributed by atoms with Crippen LogP contribution in [0, 0.1) is 5.92 Å². The van der Waals surface area contributed by atoms with E-state index in [4.69, 9.17) is 0 Å². The van der Waals surface area contributed by atoms with Crippen LogP contribution < -0.4 is 0 Å². The maximum atomic E-state index is 10.2. The van der Waals surface area contributed by atoms with Crippen LogP contribution in [0.4, 0.5) is 0 Å². The molecule has 2 heteroatoms. The van der Waals surface area contributed by atoms with Crippen LogP contribution in [0.1, 0.15) is 26.2 Å². The van der Waals surface area contributed by atoms with E-state index in [1.54, 1.807) is 0 Å². The van der Waals surface area contributed by atoms with Gasteiger partial charge in [-0.3, -0.25) is 4.90 Å². The summed E-state index contributed by atoms with van der Waals surface area (Å²) in [7, 11) is 0. The molecule has 1 saturated heterocycles. The molecule has 0 aromatic heterocycles. The third-order valence-electron chi connectivity index (χ3n) is 2.40. The van der Waals surface area contributed by atoms with Crippen molar-refractivity contribution < 1.29 is 4.79 Å². The maximum Gasteiger partial charge on any atom is 0.133 e. The second-order valence-electron chi connectivity index (χ2n) is 3.37. The Kier molecular flexibility index (Phi) is 3.57. The van der Waals surface area contributed by atoms with Crippen LogP contribution in [-0.4, -0.2) is 30.8 Å². The van der Waals surface area contributed by atoms with Crippen molar-refractivity contribution in [2.24, 2.45) is 5.92 Å². The molecule has 0 radical (unpaired) electrons. The highest BCUT2D eigenvalue weighted by Crippen LogP contribution is 2.19. The lowest BCUT2D eigenvalue weighted by Crippen LogP contribution is -2.22. The average molecular weight is 155 g/mol. The van der Waals surface area contributed by atoms with Gasteiger partial charge in [0.05, 0.1) is 6.54 Å². The van der Waals surface area contributed by atoms with Crippen LogP contribution in [0.15, 0.2) is 0 Å². The third-order valence-corrected chi connectivity index (χ3v) is 2.40. The highest BCUT2D eigenvalue weighted by molar-refractivity contribution is 5.52. The van der Waals surface area contributed by atoms with E-state index in [0.717, 1.165) is 25.3 Å². The van der Waals surface area contributed by atoms with Crippen molar-refractivity contribution in [2.75, 3.05) is 19.6 Å². The molecule has 0 aromatic rings. The van der Waals surface area contributed by atoms with Gasteiger partial charge in [-0.15, -0.1) is 0 Å². The van der Waals surface area contributed by atoms with Gasteiger partial charge in [0.2, 0.25) is 0 Å². The Hall–Kier alpha value is -0.370. The summed E-state index contributed by atoms with van der Waals surface area (Å²) in [6.07, 6.45) is 4.91. The van der Waals surface area contributed by atoms with Gasteiger partial charge in [-0.1, -0.05) is 13.3 Å². The molecule has 1 atom stereocenters. The monoisotopic (exact) mass is 155 g/mol. The number of aldehydes is 1. The molecule has 2 nitrogen and oxygen atoms in total. The number of carbonyl (C=O) groups is 1. The Bertz CT molecular complexity index is 125. The molecule has 1 fully saturated rings. The summed E-state index contributed by atoms with van der Waals surface area (Å²) in [5, 5.41) is 0. The minimum Gasteiger partial charge on any atom is -0.302 e. The van der Waals surface area contributed by atoms with Crippen molar-refractivity contribution in [3.63, 3.8) is 0 Å². The predicted molar refractivity (Wildman–Crippen MR) is 45.5 cm³/mol. The molecule has 1 rings (SSSR count). The van der Waals surface area contributed by atoms with Crippen LogP contribution in [0.25, 0.3) is 0 Å². The fourth-order valence-electron chi connectivity index (χ4n) is 1.83. The van der Waals surface area contributed by atoms with Gasteiger partial charge in [0.15, 0.2) is 0 Å². The first kappa shape index (κ1) is 8.72. The number of nitrogens with zero attached hydrogens (tertiary/aromatic N) is 1.